The van der Waals surface area contributed by atoms with Crippen LogP contribution < -0.4 is 5.32 Å². The van der Waals surface area contributed by atoms with Crippen LogP contribution in [0.2, 0.25) is 0 Å². The number of carboxylic acid groups (broad SMARTS) is 1. The zero-order valence-corrected chi connectivity index (χ0v) is 10.9. The third kappa shape index (κ3) is 3.98. The van der Waals surface area contributed by atoms with E-state index >= 15 is 0 Å². The van der Waals surface area contributed by atoms with Crippen LogP contribution >= 0.6 is 0 Å². The Bertz CT molecular complexity index is 293. The first-order valence-electron chi connectivity index (χ1n) is 6.71. The lowest BCUT2D eigenvalue weighted by atomic mass is 9.95. The van der Waals surface area contributed by atoms with Gasteiger partial charge in [-0.05, 0) is 25.2 Å². The number of carboxylic acids is 1. The zero-order valence-electron chi connectivity index (χ0n) is 10.9. The van der Waals surface area contributed by atoms with Gasteiger partial charge in [0.05, 0.1) is 11.8 Å². The molecule has 1 rings (SSSR count). The average Bonchev–Trinajstić information content (AvgIpc) is 2.83. The van der Waals surface area contributed by atoms with Gasteiger partial charge in [-0.25, -0.2) is 0 Å². The molecule has 0 aliphatic heterocycles. The Labute approximate surface area is 108 Å². The number of hydrogen-bond donors (Lipinski definition) is 3. The van der Waals surface area contributed by atoms with Crippen molar-refractivity contribution in [3.05, 3.63) is 0 Å². The summed E-state index contributed by atoms with van der Waals surface area (Å²) in [6.07, 6.45) is 3.64. The van der Waals surface area contributed by atoms with Crippen LogP contribution in [0.4, 0.5) is 0 Å². The van der Waals surface area contributed by atoms with E-state index in [1.54, 1.807) is 0 Å². The largest absolute Gasteiger partial charge is 0.481 e. The lowest BCUT2D eigenvalue weighted by Crippen LogP contribution is -2.37. The monoisotopic (exact) mass is 257 g/mol. The smallest absolute Gasteiger partial charge is 0.307 e. The third-order valence-corrected chi connectivity index (χ3v) is 3.85. The Kier molecular flexibility index (Phi) is 6.12. The van der Waals surface area contributed by atoms with Crippen molar-refractivity contribution in [3.8, 4) is 0 Å². The Morgan fingerprint density at radius 1 is 1.33 bits per heavy atom. The Balaban J connectivity index is 2.42. The number of aliphatic carboxylic acids is 1. The topological polar surface area (TPSA) is 86.6 Å². The minimum Gasteiger partial charge on any atom is -0.481 e. The fourth-order valence-electron chi connectivity index (χ4n) is 2.58. The molecule has 0 radical (unpaired) electrons. The van der Waals surface area contributed by atoms with Crippen LogP contribution in [0.25, 0.3) is 0 Å². The third-order valence-electron chi connectivity index (χ3n) is 3.85. The molecule has 0 spiro atoms. The second kappa shape index (κ2) is 7.36. The second-order valence-electron chi connectivity index (χ2n) is 5.01. The van der Waals surface area contributed by atoms with Crippen LogP contribution in [-0.2, 0) is 9.59 Å². The van der Waals surface area contributed by atoms with Crippen molar-refractivity contribution in [1.29, 1.82) is 0 Å². The molecule has 0 aromatic carbocycles. The normalized spacial score (nSPS) is 24.8. The van der Waals surface area contributed by atoms with Gasteiger partial charge in [0.2, 0.25) is 5.91 Å². The summed E-state index contributed by atoms with van der Waals surface area (Å²) >= 11 is 0. The van der Waals surface area contributed by atoms with Gasteiger partial charge in [0, 0.05) is 13.2 Å². The molecule has 1 amide bonds. The molecule has 5 heteroatoms. The van der Waals surface area contributed by atoms with Gasteiger partial charge in [0.25, 0.3) is 0 Å². The second-order valence-corrected chi connectivity index (χ2v) is 5.01. The van der Waals surface area contributed by atoms with Crippen molar-refractivity contribution in [1.82, 2.24) is 5.32 Å². The van der Waals surface area contributed by atoms with Crippen molar-refractivity contribution in [3.63, 3.8) is 0 Å². The zero-order chi connectivity index (χ0) is 13.5. The van der Waals surface area contributed by atoms with Crippen LogP contribution in [0.3, 0.4) is 0 Å². The SMILES string of the molecule is CCC(CCO)CNC(=O)[C@@H]1CCC[C@@H]1C(=O)O. The van der Waals surface area contributed by atoms with Gasteiger partial charge in [-0.2, -0.15) is 0 Å². The summed E-state index contributed by atoms with van der Waals surface area (Å²) in [5, 5.41) is 20.7. The summed E-state index contributed by atoms with van der Waals surface area (Å²) in [7, 11) is 0. The van der Waals surface area contributed by atoms with Gasteiger partial charge in [0.1, 0.15) is 0 Å². The fourth-order valence-corrected chi connectivity index (χ4v) is 2.58. The van der Waals surface area contributed by atoms with Gasteiger partial charge in [-0.15, -0.1) is 0 Å². The quantitative estimate of drug-likeness (QED) is 0.635. The maximum absolute atomic E-state index is 11.9. The Morgan fingerprint density at radius 3 is 2.56 bits per heavy atom. The van der Waals surface area contributed by atoms with E-state index in [0.29, 0.717) is 25.8 Å². The molecule has 0 saturated heterocycles. The number of amides is 1. The number of nitrogens with one attached hydrogen (secondary N) is 1. The van der Waals surface area contributed by atoms with Crippen LogP contribution in [0.1, 0.15) is 39.0 Å². The molecule has 1 unspecified atom stereocenters. The predicted molar refractivity (Wildman–Crippen MR) is 67.0 cm³/mol. The van der Waals surface area contributed by atoms with Gasteiger partial charge >= 0.3 is 5.97 Å². The molecule has 3 atom stereocenters. The lowest BCUT2D eigenvalue weighted by Gasteiger charge is -2.19. The van der Waals surface area contributed by atoms with E-state index in [2.05, 4.69) is 5.32 Å². The highest BCUT2D eigenvalue weighted by Gasteiger charge is 2.37. The van der Waals surface area contributed by atoms with Crippen LogP contribution in [0, 0.1) is 17.8 Å². The Morgan fingerprint density at radius 2 is 2.00 bits per heavy atom. The molecule has 0 heterocycles. The summed E-state index contributed by atoms with van der Waals surface area (Å²) in [6.45, 7) is 2.66. The van der Waals surface area contributed by atoms with Crippen molar-refractivity contribution in [2.75, 3.05) is 13.2 Å². The molecule has 1 aliphatic rings. The van der Waals surface area contributed by atoms with E-state index < -0.39 is 11.9 Å². The van der Waals surface area contributed by atoms with Gasteiger partial charge in [0.15, 0.2) is 0 Å². The summed E-state index contributed by atoms with van der Waals surface area (Å²) in [5.74, 6) is -1.65. The van der Waals surface area contributed by atoms with Gasteiger partial charge in [-0.1, -0.05) is 19.8 Å². The number of carbonyl (C=O) groups is 2. The maximum Gasteiger partial charge on any atom is 0.307 e. The highest BCUT2D eigenvalue weighted by Crippen LogP contribution is 2.32. The lowest BCUT2D eigenvalue weighted by molar-refractivity contribution is -0.146. The maximum atomic E-state index is 11.9. The van der Waals surface area contributed by atoms with E-state index in [1.165, 1.54) is 0 Å². The molecule has 1 aliphatic carbocycles. The molecule has 104 valence electrons. The van der Waals surface area contributed by atoms with Gasteiger partial charge in [-0.3, -0.25) is 9.59 Å². The number of hydrogen-bond acceptors (Lipinski definition) is 3. The van der Waals surface area contributed by atoms with E-state index in [4.69, 9.17) is 10.2 Å². The van der Waals surface area contributed by atoms with E-state index in [1.807, 2.05) is 6.92 Å². The van der Waals surface area contributed by atoms with E-state index in [0.717, 1.165) is 12.8 Å². The van der Waals surface area contributed by atoms with Crippen LogP contribution in [0.5, 0.6) is 0 Å². The molecule has 3 N–H and O–H groups in total. The molecule has 0 bridgehead atoms. The predicted octanol–water partition coefficient (Wildman–Crippen LogP) is 1.01. The molecular formula is C13H23NO4. The summed E-state index contributed by atoms with van der Waals surface area (Å²) in [4.78, 5) is 22.9. The fraction of sp³-hybridized carbons (Fsp3) is 0.846. The highest BCUT2D eigenvalue weighted by molar-refractivity contribution is 5.85. The standard InChI is InChI=1S/C13H23NO4/c1-2-9(6-7-15)8-14-12(16)10-4-3-5-11(10)13(17)18/h9-11,15H,2-8H2,1H3,(H,14,16)(H,17,18)/t9?,10-,11+/m1/s1. The van der Waals surface area contributed by atoms with Crippen molar-refractivity contribution < 1.29 is 19.8 Å². The van der Waals surface area contributed by atoms with Crippen LogP contribution in [0.15, 0.2) is 0 Å². The highest BCUT2D eigenvalue weighted by atomic mass is 16.4. The minimum atomic E-state index is -0.866. The molecule has 1 fully saturated rings. The van der Waals surface area contributed by atoms with Crippen LogP contribution in [-0.4, -0.2) is 35.2 Å². The van der Waals surface area contributed by atoms with E-state index in [-0.39, 0.29) is 24.3 Å². The molecule has 1 saturated carbocycles. The first-order chi connectivity index (χ1) is 8.60. The number of aliphatic hydroxyl groups excluding tert-OH is 1. The number of aliphatic hydroxyl groups is 1. The molecule has 18 heavy (non-hydrogen) atoms. The number of carbonyl (C=O) groups excluding carboxylic acids is 1. The molecule has 5 nitrogen and oxygen atoms in total. The average molecular weight is 257 g/mol. The van der Waals surface area contributed by atoms with Gasteiger partial charge < -0.3 is 15.5 Å². The molecule has 0 aromatic heterocycles. The molecule has 0 aromatic rings. The van der Waals surface area contributed by atoms with Crippen molar-refractivity contribution >= 4 is 11.9 Å². The summed E-state index contributed by atoms with van der Waals surface area (Å²) in [5.41, 5.74) is 0. The van der Waals surface area contributed by atoms with E-state index in [9.17, 15) is 9.59 Å². The first-order valence-corrected chi connectivity index (χ1v) is 6.71. The van der Waals surface area contributed by atoms with Crippen molar-refractivity contribution in [2.45, 2.75) is 39.0 Å². The first kappa shape index (κ1) is 15.0. The summed E-state index contributed by atoms with van der Waals surface area (Å²) < 4.78 is 0. The minimum absolute atomic E-state index is 0.121. The summed E-state index contributed by atoms with van der Waals surface area (Å²) in [6, 6.07) is 0. The number of rotatable bonds is 7. The Hall–Kier alpha value is -1.10. The van der Waals surface area contributed by atoms with Crippen molar-refractivity contribution in [2.24, 2.45) is 17.8 Å². The molecular weight excluding hydrogens is 234 g/mol.